The number of amides is 1. The van der Waals surface area contributed by atoms with Gasteiger partial charge in [0.2, 0.25) is 0 Å². The van der Waals surface area contributed by atoms with Crippen molar-refractivity contribution in [3.8, 4) is 0 Å². The number of methoxy groups -OCH3 is 1. The Bertz CT molecular complexity index is 966. The fourth-order valence-electron chi connectivity index (χ4n) is 3.24. The number of ether oxygens (including phenoxy) is 1. The number of benzene rings is 1. The number of carbonyl (C=O) groups is 1. The summed E-state index contributed by atoms with van der Waals surface area (Å²) in [4.78, 5) is 16.0. The second-order valence-corrected chi connectivity index (χ2v) is 7.43. The molecule has 0 radical (unpaired) electrons. The smallest absolute Gasteiger partial charge is 0.297 e. The summed E-state index contributed by atoms with van der Waals surface area (Å²) in [6, 6.07) is 6.02. The first-order valence-electron chi connectivity index (χ1n) is 7.74. The average molecular weight is 382 g/mol. The Balaban J connectivity index is 0.000000431. The van der Waals surface area contributed by atoms with Gasteiger partial charge in [-0.15, -0.1) is 0 Å². The molecule has 1 heterocycles. The van der Waals surface area contributed by atoms with E-state index in [-0.39, 0.29) is 12.1 Å². The van der Waals surface area contributed by atoms with E-state index in [1.807, 2.05) is 29.8 Å². The first-order chi connectivity index (χ1) is 12.0. The van der Waals surface area contributed by atoms with Crippen LogP contribution in [0.3, 0.4) is 0 Å². The van der Waals surface area contributed by atoms with E-state index in [4.69, 9.17) is 20.8 Å². The van der Waals surface area contributed by atoms with Gasteiger partial charge in [-0.2, -0.15) is 13.4 Å². The van der Waals surface area contributed by atoms with Gasteiger partial charge in [-0.1, -0.05) is 12.1 Å². The van der Waals surface area contributed by atoms with E-state index in [0.29, 0.717) is 11.9 Å². The first-order valence-corrected chi connectivity index (χ1v) is 9.58. The Morgan fingerprint density at radius 1 is 1.38 bits per heavy atom. The van der Waals surface area contributed by atoms with E-state index >= 15 is 0 Å². The Hall–Kier alpha value is -2.43. The summed E-state index contributed by atoms with van der Waals surface area (Å²) >= 11 is 0. The monoisotopic (exact) mass is 382 g/mol. The molecule has 142 valence electrons. The number of rotatable bonds is 2. The molecule has 1 unspecified atom stereocenters. The van der Waals surface area contributed by atoms with Gasteiger partial charge in [0.25, 0.3) is 16.0 Å². The number of guanidine groups is 1. The highest BCUT2D eigenvalue weighted by molar-refractivity contribution is 7.85. The van der Waals surface area contributed by atoms with E-state index in [1.165, 1.54) is 0 Å². The maximum Gasteiger partial charge on any atom is 0.297 e. The van der Waals surface area contributed by atoms with E-state index in [0.717, 1.165) is 34.9 Å². The molecule has 5 N–H and O–H groups in total. The number of nitrogens with two attached hydrogens (primary N) is 2. The van der Waals surface area contributed by atoms with Gasteiger partial charge in [0.15, 0.2) is 5.96 Å². The highest BCUT2D eigenvalue weighted by Crippen LogP contribution is 2.40. The van der Waals surface area contributed by atoms with Gasteiger partial charge < -0.3 is 20.8 Å². The van der Waals surface area contributed by atoms with Crippen LogP contribution in [0.15, 0.2) is 23.2 Å². The lowest BCUT2D eigenvalue weighted by Gasteiger charge is -2.22. The number of aromatic nitrogens is 1. The molecule has 26 heavy (non-hydrogen) atoms. The lowest BCUT2D eigenvalue weighted by molar-refractivity contribution is 0.0942. The SMILES string of the molecule is COC1CCc2c(C(=O)N=C(N)N)n(C)c3cccc1c23.CS(=O)(=O)O. The summed E-state index contributed by atoms with van der Waals surface area (Å²) in [6.07, 6.45) is 2.39. The van der Waals surface area contributed by atoms with Gasteiger partial charge >= 0.3 is 0 Å². The standard InChI is InChI=1S/C15H18N4O2.CH4O3S/c1-19-10-5-3-4-8-11(21-2)7-6-9(12(8)10)13(19)14(20)18-15(16)17;1-5(2,3)4/h3-5,11H,6-7H2,1-2H3,(H4,16,17,18,20);1H3,(H,2,3,4). The van der Waals surface area contributed by atoms with Gasteiger partial charge in [-0.05, 0) is 30.0 Å². The summed E-state index contributed by atoms with van der Waals surface area (Å²) in [5, 5.41) is 1.09. The molecule has 9 nitrogen and oxygen atoms in total. The Morgan fingerprint density at radius 2 is 2.00 bits per heavy atom. The minimum Gasteiger partial charge on any atom is -0.377 e. The maximum atomic E-state index is 12.3. The summed E-state index contributed by atoms with van der Waals surface area (Å²) in [5.41, 5.74) is 14.3. The van der Waals surface area contributed by atoms with Gasteiger partial charge in [0, 0.05) is 25.1 Å². The van der Waals surface area contributed by atoms with E-state index < -0.39 is 16.0 Å². The van der Waals surface area contributed by atoms with Crippen molar-refractivity contribution in [1.29, 1.82) is 0 Å². The van der Waals surface area contributed by atoms with Crippen molar-refractivity contribution in [3.05, 3.63) is 35.0 Å². The minimum absolute atomic E-state index is 0.0645. The molecule has 10 heteroatoms. The Morgan fingerprint density at radius 3 is 2.54 bits per heavy atom. The predicted octanol–water partition coefficient (Wildman–Crippen LogP) is 0.730. The largest absolute Gasteiger partial charge is 0.377 e. The molecule has 1 atom stereocenters. The molecule has 1 aromatic carbocycles. The molecule has 3 rings (SSSR count). The highest BCUT2D eigenvalue weighted by atomic mass is 32.2. The van der Waals surface area contributed by atoms with Crippen LogP contribution in [0.4, 0.5) is 0 Å². The summed E-state index contributed by atoms with van der Waals surface area (Å²) in [6.45, 7) is 0. The van der Waals surface area contributed by atoms with Gasteiger partial charge in [0.05, 0.1) is 12.4 Å². The molecule has 2 aromatic rings. The van der Waals surface area contributed by atoms with E-state index in [1.54, 1.807) is 7.11 Å². The molecule has 0 saturated heterocycles. The number of aliphatic imine (C=N–C) groups is 1. The van der Waals surface area contributed by atoms with Crippen LogP contribution in [-0.4, -0.2) is 42.8 Å². The molecule has 0 saturated carbocycles. The van der Waals surface area contributed by atoms with E-state index in [9.17, 15) is 13.2 Å². The number of carbonyl (C=O) groups excluding carboxylic acids is 1. The van der Waals surface area contributed by atoms with Crippen molar-refractivity contribution in [2.24, 2.45) is 23.5 Å². The third kappa shape index (κ3) is 4.21. The van der Waals surface area contributed by atoms with Gasteiger partial charge in [-0.3, -0.25) is 9.35 Å². The molecule has 0 bridgehead atoms. The van der Waals surface area contributed by atoms with Crippen LogP contribution in [0, 0.1) is 0 Å². The molecule has 1 amide bonds. The van der Waals surface area contributed by atoms with Crippen LogP contribution in [0.5, 0.6) is 0 Å². The van der Waals surface area contributed by atoms with Crippen LogP contribution in [-0.2, 0) is 28.3 Å². The molecular formula is C16H22N4O5S. The highest BCUT2D eigenvalue weighted by Gasteiger charge is 2.29. The normalized spacial score (nSPS) is 15.9. The van der Waals surface area contributed by atoms with E-state index in [2.05, 4.69) is 4.99 Å². The van der Waals surface area contributed by atoms with Crippen LogP contribution >= 0.6 is 0 Å². The summed E-state index contributed by atoms with van der Waals surface area (Å²) in [5.74, 6) is -0.617. The lowest BCUT2D eigenvalue weighted by Crippen LogP contribution is -2.25. The van der Waals surface area contributed by atoms with Crippen LogP contribution in [0.25, 0.3) is 10.9 Å². The molecule has 1 aliphatic carbocycles. The summed E-state index contributed by atoms with van der Waals surface area (Å²) < 4.78 is 33.3. The topological polar surface area (TPSA) is 150 Å². The van der Waals surface area contributed by atoms with Crippen LogP contribution in [0.2, 0.25) is 0 Å². The second-order valence-electron chi connectivity index (χ2n) is 5.97. The fraction of sp³-hybridized carbons (Fsp3) is 0.375. The lowest BCUT2D eigenvalue weighted by atomic mass is 9.89. The number of nitrogens with zero attached hydrogens (tertiary/aromatic N) is 2. The average Bonchev–Trinajstić information content (AvgIpc) is 2.80. The predicted molar refractivity (Wildman–Crippen MR) is 98.6 cm³/mol. The molecule has 0 spiro atoms. The van der Waals surface area contributed by atoms with Crippen molar-refractivity contribution >= 4 is 32.9 Å². The van der Waals surface area contributed by atoms with Gasteiger partial charge in [0.1, 0.15) is 5.69 Å². The van der Waals surface area contributed by atoms with Crippen LogP contribution in [0.1, 0.15) is 34.1 Å². The van der Waals surface area contributed by atoms with Crippen molar-refractivity contribution in [2.75, 3.05) is 13.4 Å². The Kier molecular flexibility index (Phi) is 5.69. The first kappa shape index (κ1) is 19.9. The zero-order valence-electron chi connectivity index (χ0n) is 14.8. The maximum absolute atomic E-state index is 12.3. The third-order valence-corrected chi connectivity index (χ3v) is 4.08. The second kappa shape index (κ2) is 7.44. The zero-order chi connectivity index (χ0) is 19.6. The van der Waals surface area contributed by atoms with Gasteiger partial charge in [-0.25, -0.2) is 0 Å². The zero-order valence-corrected chi connectivity index (χ0v) is 15.6. The number of hydrogen-bond donors (Lipinski definition) is 3. The van der Waals surface area contributed by atoms with Crippen molar-refractivity contribution in [1.82, 2.24) is 4.57 Å². The number of hydrogen-bond acceptors (Lipinski definition) is 4. The summed E-state index contributed by atoms with van der Waals surface area (Å²) in [7, 11) is -0.0961. The Labute approximate surface area is 151 Å². The van der Waals surface area contributed by atoms with Crippen molar-refractivity contribution in [3.63, 3.8) is 0 Å². The van der Waals surface area contributed by atoms with Crippen molar-refractivity contribution in [2.45, 2.75) is 18.9 Å². The quantitative estimate of drug-likeness (QED) is 0.393. The molecular weight excluding hydrogens is 360 g/mol. The molecule has 1 aliphatic rings. The fourth-order valence-corrected chi connectivity index (χ4v) is 3.24. The van der Waals surface area contributed by atoms with Crippen molar-refractivity contribution < 1.29 is 22.5 Å². The third-order valence-electron chi connectivity index (χ3n) is 4.08. The molecule has 1 aromatic heterocycles. The minimum atomic E-state index is -3.67. The molecule has 0 aliphatic heterocycles. The molecule has 0 fully saturated rings. The van der Waals surface area contributed by atoms with Crippen LogP contribution < -0.4 is 11.5 Å². The number of aryl methyl sites for hydroxylation is 2.